The Kier molecular flexibility index (Phi) is 4.71. The third-order valence-corrected chi connectivity index (χ3v) is 2.98. The smallest absolute Gasteiger partial charge is 0.307 e. The summed E-state index contributed by atoms with van der Waals surface area (Å²) in [5.74, 6) is -0.574. The first-order valence-corrected chi connectivity index (χ1v) is 6.58. The lowest BCUT2D eigenvalue weighted by Gasteiger charge is -2.12. The van der Waals surface area contributed by atoms with Gasteiger partial charge in [-0.15, -0.1) is 0 Å². The molecule has 0 saturated carbocycles. The summed E-state index contributed by atoms with van der Waals surface area (Å²) in [5, 5.41) is 6.87. The van der Waals surface area contributed by atoms with Crippen LogP contribution in [0.2, 0.25) is 0 Å². The fraction of sp³-hybridized carbons (Fsp3) is 0.267. The van der Waals surface area contributed by atoms with E-state index in [0.717, 1.165) is 5.69 Å². The molecule has 2 rings (SSSR count). The lowest BCUT2D eigenvalue weighted by Crippen LogP contribution is -2.34. The Morgan fingerprint density at radius 1 is 1.33 bits per heavy atom. The van der Waals surface area contributed by atoms with Crippen LogP contribution in [-0.4, -0.2) is 34.8 Å². The van der Waals surface area contributed by atoms with Crippen LogP contribution in [-0.2, 0) is 9.53 Å². The van der Waals surface area contributed by atoms with Crippen molar-refractivity contribution in [2.45, 2.75) is 19.4 Å². The Morgan fingerprint density at radius 3 is 2.62 bits per heavy atom. The third kappa shape index (κ3) is 3.92. The number of esters is 1. The van der Waals surface area contributed by atoms with Crippen LogP contribution in [0.3, 0.4) is 0 Å². The van der Waals surface area contributed by atoms with E-state index in [4.69, 9.17) is 0 Å². The van der Waals surface area contributed by atoms with Gasteiger partial charge in [-0.2, -0.15) is 5.10 Å². The van der Waals surface area contributed by atoms with Crippen LogP contribution in [0.4, 0.5) is 0 Å². The summed E-state index contributed by atoms with van der Waals surface area (Å²) >= 11 is 0. The van der Waals surface area contributed by atoms with Crippen molar-refractivity contribution in [1.82, 2.24) is 15.1 Å². The first kappa shape index (κ1) is 14.8. The largest absolute Gasteiger partial charge is 0.469 e. The highest BCUT2D eigenvalue weighted by molar-refractivity contribution is 5.94. The SMILES string of the molecule is COC(=O)CC(C)NC(=O)c1ccc(-n2cccn2)cc1. The van der Waals surface area contributed by atoms with Gasteiger partial charge < -0.3 is 10.1 Å². The highest BCUT2D eigenvalue weighted by Crippen LogP contribution is 2.09. The summed E-state index contributed by atoms with van der Waals surface area (Å²) in [6, 6.07) is 8.61. The van der Waals surface area contributed by atoms with Crippen molar-refractivity contribution >= 4 is 11.9 Å². The van der Waals surface area contributed by atoms with Crippen molar-refractivity contribution in [3.05, 3.63) is 48.3 Å². The maximum absolute atomic E-state index is 12.0. The second kappa shape index (κ2) is 6.69. The summed E-state index contributed by atoms with van der Waals surface area (Å²) in [7, 11) is 1.32. The number of hydrogen-bond acceptors (Lipinski definition) is 4. The molecule has 21 heavy (non-hydrogen) atoms. The predicted octanol–water partition coefficient (Wildman–Crippen LogP) is 1.55. The summed E-state index contributed by atoms with van der Waals surface area (Å²) in [4.78, 5) is 23.2. The van der Waals surface area contributed by atoms with E-state index in [-0.39, 0.29) is 24.3 Å². The maximum atomic E-state index is 12.0. The van der Waals surface area contributed by atoms with Gasteiger partial charge in [0, 0.05) is 24.0 Å². The Hall–Kier alpha value is -2.63. The minimum absolute atomic E-state index is 0.146. The minimum atomic E-state index is -0.350. The summed E-state index contributed by atoms with van der Waals surface area (Å²) < 4.78 is 6.28. The first-order valence-electron chi connectivity index (χ1n) is 6.58. The van der Waals surface area contributed by atoms with E-state index in [1.807, 2.05) is 24.4 Å². The average Bonchev–Trinajstić information content (AvgIpc) is 3.01. The quantitative estimate of drug-likeness (QED) is 0.847. The molecule has 110 valence electrons. The summed E-state index contributed by atoms with van der Waals surface area (Å²) in [6.07, 6.45) is 3.66. The predicted molar refractivity (Wildman–Crippen MR) is 77.1 cm³/mol. The van der Waals surface area contributed by atoms with Gasteiger partial charge >= 0.3 is 5.97 Å². The lowest BCUT2D eigenvalue weighted by molar-refractivity contribution is -0.141. The van der Waals surface area contributed by atoms with E-state index < -0.39 is 0 Å². The molecule has 1 aromatic carbocycles. The molecule has 0 bridgehead atoms. The van der Waals surface area contributed by atoms with Crippen LogP contribution in [0.15, 0.2) is 42.7 Å². The zero-order chi connectivity index (χ0) is 15.2. The highest BCUT2D eigenvalue weighted by Gasteiger charge is 2.13. The van der Waals surface area contributed by atoms with Crippen molar-refractivity contribution in [2.75, 3.05) is 7.11 Å². The van der Waals surface area contributed by atoms with Gasteiger partial charge in [0.2, 0.25) is 0 Å². The zero-order valence-electron chi connectivity index (χ0n) is 11.9. The lowest BCUT2D eigenvalue weighted by atomic mass is 10.1. The van der Waals surface area contributed by atoms with E-state index in [0.29, 0.717) is 5.56 Å². The van der Waals surface area contributed by atoms with Gasteiger partial charge in [0.1, 0.15) is 0 Å². The van der Waals surface area contributed by atoms with Crippen LogP contribution in [0.1, 0.15) is 23.7 Å². The molecule has 1 heterocycles. The molecule has 6 nitrogen and oxygen atoms in total. The molecular weight excluding hydrogens is 270 g/mol. The van der Waals surface area contributed by atoms with Crippen LogP contribution in [0.5, 0.6) is 0 Å². The molecule has 6 heteroatoms. The standard InChI is InChI=1S/C15H17N3O3/c1-11(10-14(19)21-2)17-15(20)12-4-6-13(7-5-12)18-9-3-8-16-18/h3-9,11H,10H2,1-2H3,(H,17,20). The zero-order valence-corrected chi connectivity index (χ0v) is 11.9. The van der Waals surface area contributed by atoms with Crippen LogP contribution in [0, 0.1) is 0 Å². The van der Waals surface area contributed by atoms with E-state index >= 15 is 0 Å². The van der Waals surface area contributed by atoms with Crippen molar-refractivity contribution in [3.8, 4) is 5.69 Å². The summed E-state index contributed by atoms with van der Waals surface area (Å²) in [5.41, 5.74) is 1.40. The van der Waals surface area contributed by atoms with E-state index in [1.54, 1.807) is 29.9 Å². The maximum Gasteiger partial charge on any atom is 0.307 e. The van der Waals surface area contributed by atoms with Gasteiger partial charge in [0.25, 0.3) is 5.91 Å². The van der Waals surface area contributed by atoms with E-state index in [2.05, 4.69) is 15.2 Å². The van der Waals surface area contributed by atoms with Gasteiger partial charge in [-0.25, -0.2) is 4.68 Å². The number of amides is 1. The molecule has 1 unspecified atom stereocenters. The Morgan fingerprint density at radius 2 is 2.05 bits per heavy atom. The first-order chi connectivity index (χ1) is 10.1. The van der Waals surface area contributed by atoms with Crippen LogP contribution < -0.4 is 5.32 Å². The van der Waals surface area contributed by atoms with Crippen molar-refractivity contribution in [3.63, 3.8) is 0 Å². The van der Waals surface area contributed by atoms with Crippen LogP contribution in [0.25, 0.3) is 5.69 Å². The van der Waals surface area contributed by atoms with Crippen LogP contribution >= 0.6 is 0 Å². The molecule has 0 fully saturated rings. The number of hydrogen-bond donors (Lipinski definition) is 1. The molecule has 0 aliphatic heterocycles. The van der Waals surface area contributed by atoms with Crippen molar-refractivity contribution in [1.29, 1.82) is 0 Å². The molecule has 0 saturated heterocycles. The Labute approximate surface area is 122 Å². The Bertz CT molecular complexity index is 606. The van der Waals surface area contributed by atoms with Gasteiger partial charge in [0.05, 0.1) is 19.2 Å². The normalized spacial score (nSPS) is 11.7. The number of benzene rings is 1. The topological polar surface area (TPSA) is 73.2 Å². The molecule has 0 spiro atoms. The number of carbonyl (C=O) groups is 2. The number of carbonyl (C=O) groups excluding carboxylic acids is 2. The third-order valence-electron chi connectivity index (χ3n) is 2.98. The Balaban J connectivity index is 1.98. The van der Waals surface area contributed by atoms with E-state index in [9.17, 15) is 9.59 Å². The second-order valence-corrected chi connectivity index (χ2v) is 4.65. The van der Waals surface area contributed by atoms with Crippen molar-refractivity contribution in [2.24, 2.45) is 0 Å². The molecule has 0 radical (unpaired) electrons. The fourth-order valence-electron chi connectivity index (χ4n) is 1.88. The minimum Gasteiger partial charge on any atom is -0.469 e. The molecule has 2 aromatic rings. The van der Waals surface area contributed by atoms with Gasteiger partial charge in [-0.3, -0.25) is 9.59 Å². The number of aromatic nitrogens is 2. The number of ether oxygens (including phenoxy) is 1. The second-order valence-electron chi connectivity index (χ2n) is 4.65. The fourth-order valence-corrected chi connectivity index (χ4v) is 1.88. The monoisotopic (exact) mass is 287 g/mol. The molecule has 1 N–H and O–H groups in total. The van der Waals surface area contributed by atoms with Gasteiger partial charge in [-0.05, 0) is 37.3 Å². The summed E-state index contributed by atoms with van der Waals surface area (Å²) in [6.45, 7) is 1.76. The number of methoxy groups -OCH3 is 1. The molecule has 1 amide bonds. The van der Waals surface area contributed by atoms with Crippen molar-refractivity contribution < 1.29 is 14.3 Å². The molecular formula is C15H17N3O3. The molecule has 1 aromatic heterocycles. The average molecular weight is 287 g/mol. The molecule has 0 aliphatic rings. The molecule has 0 aliphatic carbocycles. The molecule has 1 atom stereocenters. The van der Waals surface area contributed by atoms with Gasteiger partial charge in [-0.1, -0.05) is 0 Å². The number of nitrogens with one attached hydrogen (secondary N) is 1. The van der Waals surface area contributed by atoms with E-state index in [1.165, 1.54) is 7.11 Å². The van der Waals surface area contributed by atoms with Gasteiger partial charge in [0.15, 0.2) is 0 Å². The highest BCUT2D eigenvalue weighted by atomic mass is 16.5. The number of rotatable bonds is 5. The number of nitrogens with zero attached hydrogens (tertiary/aromatic N) is 2.